The lowest BCUT2D eigenvalue weighted by molar-refractivity contribution is -0.115. The van der Waals surface area contributed by atoms with Gasteiger partial charge < -0.3 is 0 Å². The maximum Gasteiger partial charge on any atom is 0.297 e. The van der Waals surface area contributed by atoms with Crippen molar-refractivity contribution < 1.29 is 9.59 Å². The molecular formula is C5H9O2+. The van der Waals surface area contributed by atoms with Crippen molar-refractivity contribution >= 4 is 11.6 Å². The van der Waals surface area contributed by atoms with Crippen molar-refractivity contribution in [3.63, 3.8) is 0 Å². The summed E-state index contributed by atoms with van der Waals surface area (Å²) in [4.78, 5) is 18.5. The zero-order valence-corrected chi connectivity index (χ0v) is 4.56. The van der Waals surface area contributed by atoms with Crippen LogP contribution in [0.5, 0.6) is 0 Å². The average molecular weight is 101 g/mol. The number of hydrogen-bond acceptors (Lipinski definition) is 1. The van der Waals surface area contributed by atoms with Crippen LogP contribution in [0.15, 0.2) is 0 Å². The Morgan fingerprint density at radius 2 is 2.00 bits per heavy atom. The summed E-state index contributed by atoms with van der Waals surface area (Å²) in [5.74, 6) is 0.188. The van der Waals surface area contributed by atoms with Gasteiger partial charge in [-0.2, -0.15) is 0 Å². The van der Waals surface area contributed by atoms with E-state index in [0.29, 0.717) is 0 Å². The number of Topliss-reactive ketones (excluding diaryl/α,β-unsaturated/α-hetero) is 1. The molecule has 0 aromatic heterocycles. The van der Waals surface area contributed by atoms with Crippen molar-refractivity contribution in [2.75, 3.05) is 0 Å². The van der Waals surface area contributed by atoms with Gasteiger partial charge in [-0.05, 0) is 6.92 Å². The molecule has 0 radical (unpaired) electrons. The molecule has 2 nitrogen and oxygen atoms in total. The van der Waals surface area contributed by atoms with E-state index in [1.807, 2.05) is 0 Å². The Kier molecular flexibility index (Phi) is 2.27. The van der Waals surface area contributed by atoms with Crippen molar-refractivity contribution in [2.45, 2.75) is 20.3 Å². The summed E-state index contributed by atoms with van der Waals surface area (Å²) in [6.07, 6.45) is 0.194. The van der Waals surface area contributed by atoms with E-state index >= 15 is 0 Å². The fourth-order valence-electron chi connectivity index (χ4n) is 0.360. The molecule has 0 saturated carbocycles. The Morgan fingerprint density at radius 3 is 2.00 bits per heavy atom. The topological polar surface area (TPSA) is 38.5 Å². The molecule has 40 valence electrons. The van der Waals surface area contributed by atoms with Gasteiger partial charge in [0.1, 0.15) is 12.2 Å². The normalized spacial score (nSPS) is 8.29. The molecule has 0 heterocycles. The second-order valence-corrected chi connectivity index (χ2v) is 1.61. The lowest BCUT2D eigenvalue weighted by Crippen LogP contribution is -1.98. The molecule has 0 bridgehead atoms. The first-order valence-electron chi connectivity index (χ1n) is 2.13. The van der Waals surface area contributed by atoms with E-state index in [1.54, 1.807) is 0 Å². The summed E-state index contributed by atoms with van der Waals surface area (Å²) in [6.45, 7) is 2.96. The predicted octanol–water partition coefficient (Wildman–Crippen LogP) is 0.530. The first-order chi connectivity index (χ1) is 3.13. The van der Waals surface area contributed by atoms with Crippen molar-refractivity contribution in [1.29, 1.82) is 0 Å². The van der Waals surface area contributed by atoms with Crippen LogP contribution in [0, 0.1) is 0 Å². The summed E-state index contributed by atoms with van der Waals surface area (Å²) in [5.41, 5.74) is 0. The SMILES string of the molecule is CC(=O)CC(C)=[OH+]. The van der Waals surface area contributed by atoms with E-state index in [4.69, 9.17) is 4.79 Å². The van der Waals surface area contributed by atoms with Crippen LogP contribution in [0.1, 0.15) is 20.3 Å². The maximum absolute atomic E-state index is 10.1. The minimum absolute atomic E-state index is 0.000000000000000444. The van der Waals surface area contributed by atoms with Gasteiger partial charge in [-0.3, -0.25) is 9.59 Å². The van der Waals surface area contributed by atoms with Crippen LogP contribution in [0.4, 0.5) is 0 Å². The Morgan fingerprint density at radius 1 is 1.57 bits per heavy atom. The van der Waals surface area contributed by atoms with E-state index in [1.165, 1.54) is 13.8 Å². The third-order valence-electron chi connectivity index (χ3n) is 0.505. The van der Waals surface area contributed by atoms with Crippen LogP contribution in [-0.2, 0) is 4.79 Å². The summed E-state index contributed by atoms with van der Waals surface area (Å²) in [7, 11) is 0. The third-order valence-corrected chi connectivity index (χ3v) is 0.505. The molecule has 0 spiro atoms. The summed E-state index contributed by atoms with van der Waals surface area (Å²) in [6, 6.07) is 0. The highest BCUT2D eigenvalue weighted by Gasteiger charge is 2.01. The fraction of sp³-hybridized carbons (Fsp3) is 0.600. The number of ketones is 2. The van der Waals surface area contributed by atoms with Crippen molar-refractivity contribution in [2.24, 2.45) is 0 Å². The highest BCUT2D eigenvalue weighted by molar-refractivity contribution is 5.97. The number of carbonyl (C=O) groups is 1. The van der Waals surface area contributed by atoms with Gasteiger partial charge in [0.15, 0.2) is 0 Å². The van der Waals surface area contributed by atoms with Crippen molar-refractivity contribution in [3.05, 3.63) is 0 Å². The Hall–Kier alpha value is -0.660. The molecule has 0 amide bonds. The molecule has 0 rings (SSSR count). The zero-order chi connectivity index (χ0) is 5.86. The largest absolute Gasteiger partial charge is 0.299 e. The van der Waals surface area contributed by atoms with E-state index in [2.05, 4.69) is 0 Å². The van der Waals surface area contributed by atoms with Gasteiger partial charge in [0.25, 0.3) is 5.78 Å². The second-order valence-electron chi connectivity index (χ2n) is 1.61. The predicted molar refractivity (Wildman–Crippen MR) is 27.9 cm³/mol. The highest BCUT2D eigenvalue weighted by Crippen LogP contribution is 1.79. The fourth-order valence-corrected chi connectivity index (χ4v) is 0.360. The van der Waals surface area contributed by atoms with Gasteiger partial charge in [-0.15, -0.1) is 0 Å². The van der Waals surface area contributed by atoms with Gasteiger partial charge in [0.05, 0.1) is 0 Å². The molecule has 1 N–H and O–H groups in total. The summed E-state index contributed by atoms with van der Waals surface area (Å²) in [5, 5.41) is 0. The standard InChI is InChI=1S/C5H8O2/c1-4(6)3-5(2)7/h3H2,1-2H3/p+1. The first kappa shape index (κ1) is 6.34. The summed E-state index contributed by atoms with van der Waals surface area (Å²) < 4.78 is 0. The molecule has 0 fully saturated rings. The lowest BCUT2D eigenvalue weighted by Gasteiger charge is -1.76. The number of rotatable bonds is 2. The van der Waals surface area contributed by atoms with Crippen LogP contribution in [0.25, 0.3) is 0 Å². The smallest absolute Gasteiger partial charge is 0.297 e. The van der Waals surface area contributed by atoms with Crippen molar-refractivity contribution in [1.82, 2.24) is 0 Å². The van der Waals surface area contributed by atoms with E-state index in [9.17, 15) is 4.79 Å². The van der Waals surface area contributed by atoms with Crippen LogP contribution >= 0.6 is 0 Å². The molecule has 0 saturated heterocycles. The molecule has 0 aliphatic carbocycles. The maximum atomic E-state index is 10.1. The summed E-state index contributed by atoms with van der Waals surface area (Å²) >= 11 is 0. The minimum Gasteiger partial charge on any atom is -0.299 e. The van der Waals surface area contributed by atoms with E-state index < -0.39 is 0 Å². The minimum atomic E-state index is 0.000000000000000444. The van der Waals surface area contributed by atoms with Crippen LogP contribution in [0.2, 0.25) is 0 Å². The highest BCUT2D eigenvalue weighted by atomic mass is 16.1. The Bertz CT molecular complexity index is 82.3. The monoisotopic (exact) mass is 101 g/mol. The molecule has 0 aliphatic rings. The van der Waals surface area contributed by atoms with Gasteiger partial charge >= 0.3 is 0 Å². The Labute approximate surface area is 42.5 Å². The molecule has 2 heteroatoms. The molecule has 7 heavy (non-hydrogen) atoms. The Balaban J connectivity index is 3.32. The number of hydrogen-bond donors (Lipinski definition) is 0. The molecule has 0 aliphatic heterocycles. The van der Waals surface area contributed by atoms with E-state index in [-0.39, 0.29) is 18.0 Å². The van der Waals surface area contributed by atoms with Crippen LogP contribution in [-0.4, -0.2) is 16.4 Å². The molecule has 0 unspecified atom stereocenters. The molecule has 0 atom stereocenters. The third kappa shape index (κ3) is 5.34. The zero-order valence-electron chi connectivity index (χ0n) is 4.56. The quantitative estimate of drug-likeness (QED) is 0.369. The van der Waals surface area contributed by atoms with Gasteiger partial charge in [0, 0.05) is 6.92 Å². The first-order valence-corrected chi connectivity index (χ1v) is 2.13. The van der Waals surface area contributed by atoms with Gasteiger partial charge in [-0.25, -0.2) is 0 Å². The molecule has 0 aromatic carbocycles. The average Bonchev–Trinajstić information content (AvgIpc) is 1.27. The second kappa shape index (κ2) is 2.50. The van der Waals surface area contributed by atoms with Crippen LogP contribution < -0.4 is 0 Å². The van der Waals surface area contributed by atoms with Crippen LogP contribution in [0.3, 0.4) is 0 Å². The van der Waals surface area contributed by atoms with Crippen molar-refractivity contribution in [3.8, 4) is 0 Å². The van der Waals surface area contributed by atoms with E-state index in [0.717, 1.165) is 0 Å². The van der Waals surface area contributed by atoms with Gasteiger partial charge in [0.2, 0.25) is 0 Å². The number of carbonyl (C=O) groups excluding carboxylic acids is 2. The van der Waals surface area contributed by atoms with Gasteiger partial charge in [-0.1, -0.05) is 0 Å². The molecular weight excluding hydrogens is 92.1 g/mol. The molecule has 0 aromatic rings. The lowest BCUT2D eigenvalue weighted by atomic mass is 10.2.